The van der Waals surface area contributed by atoms with E-state index in [1.54, 1.807) is 0 Å². The van der Waals surface area contributed by atoms with Gasteiger partial charge in [0.25, 0.3) is 0 Å². The van der Waals surface area contributed by atoms with E-state index in [1.807, 2.05) is 6.08 Å². The number of hydrogen-bond acceptors (Lipinski definition) is 0. The second-order valence-corrected chi connectivity index (χ2v) is 6.53. The van der Waals surface area contributed by atoms with Gasteiger partial charge in [-0.15, -0.1) is 0 Å². The van der Waals surface area contributed by atoms with E-state index < -0.39 is 7.92 Å². The van der Waals surface area contributed by atoms with Crippen molar-refractivity contribution in [2.75, 3.05) is 0 Å². The van der Waals surface area contributed by atoms with Gasteiger partial charge in [0.05, 0.1) is 0 Å². The highest BCUT2D eigenvalue weighted by molar-refractivity contribution is 7.76. The van der Waals surface area contributed by atoms with Gasteiger partial charge in [-0.05, 0) is 30.3 Å². The lowest BCUT2D eigenvalue weighted by atomic mass is 10.4. The smallest absolute Gasteiger partial charge is 0.0154 e. The van der Waals surface area contributed by atoms with E-state index in [2.05, 4.69) is 80.2 Å². The molecule has 0 atom stereocenters. The second-order valence-electron chi connectivity index (χ2n) is 4.25. The SMILES string of the molecule is C=C/C=C(\CC)P(c1ccccc1)c1ccccc1. The lowest BCUT2D eigenvalue weighted by molar-refractivity contribution is 1.20. The molecule has 0 radical (unpaired) electrons. The van der Waals surface area contributed by atoms with E-state index in [1.165, 1.54) is 15.9 Å². The van der Waals surface area contributed by atoms with Crippen molar-refractivity contribution < 1.29 is 0 Å². The third-order valence-electron chi connectivity index (χ3n) is 2.99. The van der Waals surface area contributed by atoms with Gasteiger partial charge in [-0.25, -0.2) is 0 Å². The van der Waals surface area contributed by atoms with Crippen molar-refractivity contribution in [1.82, 2.24) is 0 Å². The lowest BCUT2D eigenvalue weighted by Gasteiger charge is -2.21. The number of benzene rings is 2. The summed E-state index contributed by atoms with van der Waals surface area (Å²) in [5, 5.41) is 4.26. The summed E-state index contributed by atoms with van der Waals surface area (Å²) in [5.74, 6) is 0. The molecule has 0 nitrogen and oxygen atoms in total. The highest BCUT2D eigenvalue weighted by Gasteiger charge is 2.16. The van der Waals surface area contributed by atoms with Crippen LogP contribution < -0.4 is 10.6 Å². The van der Waals surface area contributed by atoms with Crippen LogP contribution >= 0.6 is 7.92 Å². The van der Waals surface area contributed by atoms with Crippen LogP contribution in [0.5, 0.6) is 0 Å². The van der Waals surface area contributed by atoms with Crippen LogP contribution in [0.3, 0.4) is 0 Å². The monoisotopic (exact) mass is 266 g/mol. The Morgan fingerprint density at radius 2 is 1.42 bits per heavy atom. The summed E-state index contributed by atoms with van der Waals surface area (Å²) in [6.07, 6.45) is 5.13. The first-order valence-corrected chi connectivity index (χ1v) is 7.92. The molecule has 2 aromatic rings. The Morgan fingerprint density at radius 1 is 0.947 bits per heavy atom. The molecule has 0 bridgehead atoms. The van der Waals surface area contributed by atoms with Crippen LogP contribution in [0.1, 0.15) is 13.3 Å². The molecule has 19 heavy (non-hydrogen) atoms. The highest BCUT2D eigenvalue weighted by atomic mass is 31.1. The molecule has 0 unspecified atom stereocenters. The van der Waals surface area contributed by atoms with Crippen molar-refractivity contribution in [3.05, 3.63) is 84.7 Å². The minimum Gasteiger partial charge on any atom is -0.0991 e. The van der Waals surface area contributed by atoms with Crippen LogP contribution in [0.4, 0.5) is 0 Å². The second kappa shape index (κ2) is 7.07. The number of rotatable bonds is 5. The lowest BCUT2D eigenvalue weighted by Crippen LogP contribution is -2.12. The van der Waals surface area contributed by atoms with Crippen molar-refractivity contribution in [2.45, 2.75) is 13.3 Å². The fourth-order valence-corrected chi connectivity index (χ4v) is 4.59. The predicted octanol–water partition coefficient (Wildman–Crippen LogP) is 4.60. The Balaban J connectivity index is 2.51. The highest BCUT2D eigenvalue weighted by Crippen LogP contribution is 2.44. The zero-order valence-corrected chi connectivity index (χ0v) is 12.2. The summed E-state index contributed by atoms with van der Waals surface area (Å²) in [5.41, 5.74) is 0. The largest absolute Gasteiger partial charge is 0.0991 e. The van der Waals surface area contributed by atoms with Gasteiger partial charge in [0.15, 0.2) is 0 Å². The first-order chi connectivity index (χ1) is 9.36. The molecule has 2 rings (SSSR count). The minimum absolute atomic E-state index is 0.430. The molecular formula is C18H19P. The van der Waals surface area contributed by atoms with E-state index in [9.17, 15) is 0 Å². The van der Waals surface area contributed by atoms with Crippen molar-refractivity contribution in [3.8, 4) is 0 Å². The van der Waals surface area contributed by atoms with Crippen molar-refractivity contribution >= 4 is 18.5 Å². The van der Waals surface area contributed by atoms with Crippen LogP contribution in [0.15, 0.2) is 84.7 Å². The maximum absolute atomic E-state index is 3.85. The molecule has 0 aliphatic rings. The molecule has 0 aliphatic carbocycles. The fourth-order valence-electron chi connectivity index (χ4n) is 2.12. The summed E-state index contributed by atoms with van der Waals surface area (Å²) in [7, 11) is -0.430. The molecule has 0 amide bonds. The van der Waals surface area contributed by atoms with Crippen LogP contribution in [0.25, 0.3) is 0 Å². The molecular weight excluding hydrogens is 247 g/mol. The van der Waals surface area contributed by atoms with Crippen LogP contribution in [0.2, 0.25) is 0 Å². The third-order valence-corrected chi connectivity index (χ3v) is 5.66. The van der Waals surface area contributed by atoms with E-state index in [0.717, 1.165) is 6.42 Å². The molecule has 0 saturated heterocycles. The van der Waals surface area contributed by atoms with E-state index >= 15 is 0 Å². The zero-order valence-electron chi connectivity index (χ0n) is 11.3. The molecule has 0 N–H and O–H groups in total. The summed E-state index contributed by atoms with van der Waals surface area (Å²) >= 11 is 0. The van der Waals surface area contributed by atoms with Gasteiger partial charge in [0.2, 0.25) is 0 Å². The van der Waals surface area contributed by atoms with Crippen LogP contribution in [-0.2, 0) is 0 Å². The summed E-state index contributed by atoms with van der Waals surface area (Å²) in [4.78, 5) is 0. The van der Waals surface area contributed by atoms with Crippen LogP contribution in [0, 0.1) is 0 Å². The number of allylic oxidation sites excluding steroid dienone is 3. The molecule has 0 aliphatic heterocycles. The molecule has 96 valence electrons. The summed E-state index contributed by atoms with van der Waals surface area (Å²) < 4.78 is 0. The van der Waals surface area contributed by atoms with Gasteiger partial charge in [-0.3, -0.25) is 0 Å². The van der Waals surface area contributed by atoms with Gasteiger partial charge in [0, 0.05) is 0 Å². The average molecular weight is 266 g/mol. The Hall–Kier alpha value is -1.65. The number of hydrogen-bond donors (Lipinski definition) is 0. The minimum atomic E-state index is -0.430. The van der Waals surface area contributed by atoms with Gasteiger partial charge < -0.3 is 0 Å². The maximum atomic E-state index is 3.85. The van der Waals surface area contributed by atoms with Crippen molar-refractivity contribution in [3.63, 3.8) is 0 Å². The molecule has 1 heteroatoms. The Kier molecular flexibility index (Phi) is 5.12. The van der Waals surface area contributed by atoms with Crippen molar-refractivity contribution in [2.24, 2.45) is 0 Å². The summed E-state index contributed by atoms with van der Waals surface area (Å²) in [6.45, 7) is 6.07. The van der Waals surface area contributed by atoms with Gasteiger partial charge in [0.1, 0.15) is 0 Å². The Labute approximate surface area is 117 Å². The standard InChI is InChI=1S/C18H19P/c1-3-11-16(4-2)19(17-12-7-5-8-13-17)18-14-9-6-10-15-18/h3,5-15H,1,4H2,2H3/b16-11+. The van der Waals surface area contributed by atoms with Crippen LogP contribution in [-0.4, -0.2) is 0 Å². The quantitative estimate of drug-likeness (QED) is 0.548. The predicted molar refractivity (Wildman–Crippen MR) is 87.6 cm³/mol. The molecule has 0 heterocycles. The molecule has 2 aromatic carbocycles. The Bertz CT molecular complexity index is 501. The normalized spacial score (nSPS) is 11.6. The third kappa shape index (κ3) is 3.43. The van der Waals surface area contributed by atoms with Gasteiger partial charge in [-0.2, -0.15) is 0 Å². The maximum Gasteiger partial charge on any atom is -0.0154 e. The zero-order chi connectivity index (χ0) is 13.5. The molecule has 0 aromatic heterocycles. The molecule has 0 spiro atoms. The Morgan fingerprint density at radius 3 is 1.79 bits per heavy atom. The van der Waals surface area contributed by atoms with E-state index in [0.29, 0.717) is 0 Å². The van der Waals surface area contributed by atoms with E-state index in [-0.39, 0.29) is 0 Å². The average Bonchev–Trinajstić information content (AvgIpc) is 2.49. The van der Waals surface area contributed by atoms with Gasteiger partial charge in [-0.1, -0.05) is 86.3 Å². The van der Waals surface area contributed by atoms with Gasteiger partial charge >= 0.3 is 0 Å². The molecule has 0 fully saturated rings. The van der Waals surface area contributed by atoms with Crippen molar-refractivity contribution in [1.29, 1.82) is 0 Å². The first-order valence-electron chi connectivity index (χ1n) is 6.58. The van der Waals surface area contributed by atoms with E-state index in [4.69, 9.17) is 0 Å². The topological polar surface area (TPSA) is 0 Å². The first kappa shape index (κ1) is 13.8. The fraction of sp³-hybridized carbons (Fsp3) is 0.111. The molecule has 0 saturated carbocycles. The summed E-state index contributed by atoms with van der Waals surface area (Å²) in [6, 6.07) is 21.5.